The highest BCUT2D eigenvalue weighted by Crippen LogP contribution is 2.34. The summed E-state index contributed by atoms with van der Waals surface area (Å²) in [6.07, 6.45) is -4.44. The first kappa shape index (κ1) is 20.5. The van der Waals surface area contributed by atoms with Gasteiger partial charge >= 0.3 is 6.18 Å². The maximum absolute atomic E-state index is 12.7. The Morgan fingerprint density at radius 3 is 2.11 bits per heavy atom. The number of rotatable bonds is 2. The average molecular weight is 399 g/mol. The average Bonchev–Trinajstić information content (AvgIpc) is 2.57. The minimum Gasteiger partial charge on any atom is -0.748 e. The number of alkyl halides is 3. The number of para-hydroxylation sites is 1. The van der Waals surface area contributed by atoms with Crippen molar-refractivity contribution in [3.63, 3.8) is 0 Å². The van der Waals surface area contributed by atoms with E-state index in [1.54, 1.807) is 36.4 Å². The molecule has 0 saturated heterocycles. The highest BCUT2D eigenvalue weighted by Gasteiger charge is 2.35. The molecule has 0 aliphatic carbocycles. The number of hydrogen-bond donors (Lipinski definition) is 2. The SMILES string of the molecule is Nc1cc(C(F)(F)F)c2ccccc2[n+]1N.O=S(=O)([O-])Cc1ccccc1. The summed E-state index contributed by atoms with van der Waals surface area (Å²) in [6, 6.07) is 15.2. The van der Waals surface area contributed by atoms with Crippen LogP contribution in [0.2, 0.25) is 0 Å². The van der Waals surface area contributed by atoms with Gasteiger partial charge in [0, 0.05) is 11.5 Å². The lowest BCUT2D eigenvalue weighted by Gasteiger charge is -2.10. The monoisotopic (exact) mass is 399 g/mol. The van der Waals surface area contributed by atoms with Crippen molar-refractivity contribution in [2.75, 3.05) is 11.6 Å². The molecule has 0 fully saturated rings. The van der Waals surface area contributed by atoms with Crippen molar-refractivity contribution in [2.45, 2.75) is 11.9 Å². The smallest absolute Gasteiger partial charge is 0.417 e. The van der Waals surface area contributed by atoms with Gasteiger partial charge in [-0.05, 0) is 11.6 Å². The summed E-state index contributed by atoms with van der Waals surface area (Å²) < 4.78 is 69.9. The Bertz CT molecular complexity index is 1040. The Morgan fingerprint density at radius 2 is 1.56 bits per heavy atom. The Kier molecular flexibility index (Phi) is 5.91. The second-order valence-electron chi connectivity index (χ2n) is 5.56. The molecule has 0 bridgehead atoms. The lowest BCUT2D eigenvalue weighted by atomic mass is 10.1. The summed E-state index contributed by atoms with van der Waals surface area (Å²) in [5, 5.41) is 0.0340. The fourth-order valence-corrected chi connectivity index (χ4v) is 2.96. The number of halogens is 3. The van der Waals surface area contributed by atoms with Gasteiger partial charge in [0.15, 0.2) is 5.52 Å². The zero-order chi connectivity index (χ0) is 20.2. The molecule has 2 aromatic carbocycles. The first-order valence-electron chi connectivity index (χ1n) is 7.52. The molecular weight excluding hydrogens is 383 g/mol. The molecule has 3 aromatic rings. The first-order valence-corrected chi connectivity index (χ1v) is 9.10. The van der Waals surface area contributed by atoms with Crippen molar-refractivity contribution in [2.24, 2.45) is 0 Å². The van der Waals surface area contributed by atoms with Crippen LogP contribution in [-0.4, -0.2) is 13.0 Å². The quantitative estimate of drug-likeness (QED) is 0.390. The van der Waals surface area contributed by atoms with Gasteiger partial charge in [-0.2, -0.15) is 13.2 Å². The van der Waals surface area contributed by atoms with E-state index in [0.717, 1.165) is 10.7 Å². The molecule has 0 aliphatic rings. The van der Waals surface area contributed by atoms with Gasteiger partial charge in [0.05, 0.1) is 21.4 Å². The van der Waals surface area contributed by atoms with Crippen LogP contribution in [0, 0.1) is 0 Å². The van der Waals surface area contributed by atoms with Crippen LogP contribution in [0.5, 0.6) is 0 Å². The molecule has 0 spiro atoms. The molecule has 0 unspecified atom stereocenters. The molecule has 6 nitrogen and oxygen atoms in total. The van der Waals surface area contributed by atoms with Gasteiger partial charge in [0.25, 0.3) is 5.82 Å². The Labute approximate surface area is 153 Å². The number of pyridine rings is 1. The van der Waals surface area contributed by atoms with Crippen LogP contribution in [-0.2, 0) is 22.0 Å². The van der Waals surface area contributed by atoms with Crippen LogP contribution in [0.4, 0.5) is 19.0 Å². The molecule has 1 heterocycles. The fourth-order valence-electron chi connectivity index (χ4n) is 2.36. The summed E-state index contributed by atoms with van der Waals surface area (Å²) in [7, 11) is -4.13. The van der Waals surface area contributed by atoms with E-state index in [1.807, 2.05) is 0 Å². The number of aromatic nitrogens is 1. The molecule has 144 valence electrons. The van der Waals surface area contributed by atoms with Gasteiger partial charge in [-0.25, -0.2) is 8.42 Å². The predicted octanol–water partition coefficient (Wildman–Crippen LogP) is 2.17. The molecule has 0 atom stereocenters. The van der Waals surface area contributed by atoms with Crippen molar-refractivity contribution < 1.29 is 30.8 Å². The van der Waals surface area contributed by atoms with E-state index in [9.17, 15) is 26.1 Å². The van der Waals surface area contributed by atoms with Gasteiger partial charge in [-0.1, -0.05) is 48.5 Å². The maximum Gasteiger partial charge on any atom is 0.417 e. The second kappa shape index (κ2) is 7.80. The van der Waals surface area contributed by atoms with Crippen LogP contribution in [0.25, 0.3) is 10.9 Å². The van der Waals surface area contributed by atoms with Crippen molar-refractivity contribution >= 4 is 26.8 Å². The van der Waals surface area contributed by atoms with Gasteiger partial charge in [0.2, 0.25) is 0 Å². The predicted molar refractivity (Wildman–Crippen MR) is 93.6 cm³/mol. The largest absolute Gasteiger partial charge is 0.748 e. The normalized spacial score (nSPS) is 11.7. The second-order valence-corrected chi connectivity index (χ2v) is 6.96. The third kappa shape index (κ3) is 5.56. The molecule has 0 saturated carbocycles. The van der Waals surface area contributed by atoms with Gasteiger partial charge in [-0.3, -0.25) is 11.6 Å². The minimum atomic E-state index is -4.44. The minimum absolute atomic E-state index is 0.0340. The fraction of sp³-hybridized carbons (Fsp3) is 0.118. The summed E-state index contributed by atoms with van der Waals surface area (Å²) in [5.41, 5.74) is 5.42. The van der Waals surface area contributed by atoms with E-state index < -0.39 is 27.6 Å². The number of anilines is 1. The third-order valence-electron chi connectivity index (χ3n) is 3.52. The third-order valence-corrected chi connectivity index (χ3v) is 4.20. The highest BCUT2D eigenvalue weighted by molar-refractivity contribution is 7.84. The Balaban J connectivity index is 0.000000208. The van der Waals surface area contributed by atoms with Crippen LogP contribution in [0.3, 0.4) is 0 Å². The number of benzene rings is 2. The van der Waals surface area contributed by atoms with E-state index in [-0.39, 0.29) is 16.7 Å². The summed E-state index contributed by atoms with van der Waals surface area (Å²) in [5.74, 6) is 5.00. The number of nitrogens with two attached hydrogens (primary N) is 2. The summed E-state index contributed by atoms with van der Waals surface area (Å²) in [6.45, 7) is 0. The number of nitrogens with zero attached hydrogens (tertiary/aromatic N) is 1. The van der Waals surface area contributed by atoms with Crippen LogP contribution in [0.15, 0.2) is 60.7 Å². The van der Waals surface area contributed by atoms with Crippen molar-refractivity contribution in [3.05, 3.63) is 71.8 Å². The van der Waals surface area contributed by atoms with Gasteiger partial charge in [0.1, 0.15) is 0 Å². The number of nitrogen functional groups attached to an aromatic ring is 2. The van der Waals surface area contributed by atoms with E-state index >= 15 is 0 Å². The zero-order valence-corrected chi connectivity index (χ0v) is 14.7. The lowest BCUT2D eigenvalue weighted by molar-refractivity contribution is -0.596. The van der Waals surface area contributed by atoms with Crippen molar-refractivity contribution in [3.8, 4) is 0 Å². The Morgan fingerprint density at radius 1 is 1.00 bits per heavy atom. The number of fused-ring (bicyclic) bond motifs is 1. The molecule has 1 aromatic heterocycles. The topological polar surface area (TPSA) is 113 Å². The summed E-state index contributed by atoms with van der Waals surface area (Å²) in [4.78, 5) is 0. The molecular formula is C17H16F3N3O3S. The van der Waals surface area contributed by atoms with Crippen molar-refractivity contribution in [1.29, 1.82) is 0 Å². The van der Waals surface area contributed by atoms with E-state index in [4.69, 9.17) is 11.6 Å². The zero-order valence-electron chi connectivity index (χ0n) is 13.8. The molecule has 0 radical (unpaired) electrons. The van der Waals surface area contributed by atoms with Crippen LogP contribution in [0.1, 0.15) is 11.1 Å². The Hall–Kier alpha value is -2.85. The highest BCUT2D eigenvalue weighted by atomic mass is 32.2. The van der Waals surface area contributed by atoms with E-state index in [2.05, 4.69) is 0 Å². The molecule has 0 amide bonds. The van der Waals surface area contributed by atoms with Crippen LogP contribution < -0.4 is 16.3 Å². The van der Waals surface area contributed by atoms with Crippen molar-refractivity contribution in [1.82, 2.24) is 0 Å². The lowest BCUT2D eigenvalue weighted by Crippen LogP contribution is -2.48. The van der Waals surface area contributed by atoms with Gasteiger partial charge < -0.3 is 4.55 Å². The summed E-state index contributed by atoms with van der Waals surface area (Å²) >= 11 is 0. The van der Waals surface area contributed by atoms with E-state index in [1.165, 1.54) is 18.2 Å². The first-order chi connectivity index (χ1) is 12.5. The van der Waals surface area contributed by atoms with Gasteiger partial charge in [-0.15, -0.1) is 4.68 Å². The molecule has 27 heavy (non-hydrogen) atoms. The standard InChI is InChI=1S/C10H8F3N3.C7H8O3S/c11-10(12,13)7-5-9(14)16(15)8-4-2-1-3-6(7)8;8-11(9,10)6-7-4-2-1-3-5-7/h1-5,14H,15H2;1-5H,6H2,(H,8,9,10). The maximum atomic E-state index is 12.7. The number of hydrogen-bond acceptors (Lipinski definition) is 5. The van der Waals surface area contributed by atoms with Crippen LogP contribution >= 0.6 is 0 Å². The molecule has 3 rings (SSSR count). The molecule has 0 aliphatic heterocycles. The molecule has 10 heteroatoms. The molecule has 4 N–H and O–H groups in total. The van der Waals surface area contributed by atoms with E-state index in [0.29, 0.717) is 5.56 Å².